The minimum absolute atomic E-state index is 0.143. The predicted molar refractivity (Wildman–Crippen MR) is 52.6 cm³/mol. The van der Waals surface area contributed by atoms with Crippen molar-refractivity contribution in [2.45, 2.75) is 50.7 Å². The van der Waals surface area contributed by atoms with E-state index in [-0.39, 0.29) is 12.6 Å². The highest BCUT2D eigenvalue weighted by Crippen LogP contribution is 2.28. The summed E-state index contributed by atoms with van der Waals surface area (Å²) >= 11 is 0. The van der Waals surface area contributed by atoms with Crippen LogP contribution in [0.2, 0.25) is 0 Å². The van der Waals surface area contributed by atoms with E-state index in [1.54, 1.807) is 0 Å². The maximum Gasteiger partial charge on any atom is 0.0771 e. The van der Waals surface area contributed by atoms with E-state index >= 15 is 0 Å². The van der Waals surface area contributed by atoms with Gasteiger partial charge in [0.25, 0.3) is 0 Å². The van der Waals surface area contributed by atoms with Gasteiger partial charge in [0.15, 0.2) is 0 Å². The standard InChI is InChI=1S/C10H21NO2/c1-2-9(7-12)11-8-10(13)5-3-4-6-10/h9,11-13H,2-8H2,1H3. The van der Waals surface area contributed by atoms with E-state index in [0.29, 0.717) is 6.54 Å². The molecule has 0 saturated heterocycles. The Balaban J connectivity index is 2.23. The van der Waals surface area contributed by atoms with Crippen LogP contribution < -0.4 is 5.32 Å². The normalized spacial score (nSPS) is 23.3. The maximum absolute atomic E-state index is 9.99. The third-order valence-electron chi connectivity index (χ3n) is 2.97. The van der Waals surface area contributed by atoms with Gasteiger partial charge in [-0.25, -0.2) is 0 Å². The summed E-state index contributed by atoms with van der Waals surface area (Å²) in [7, 11) is 0. The number of aliphatic hydroxyl groups is 2. The average molecular weight is 187 g/mol. The molecule has 0 radical (unpaired) electrons. The lowest BCUT2D eigenvalue weighted by Gasteiger charge is -2.25. The molecule has 0 bridgehead atoms. The minimum atomic E-state index is -0.497. The molecule has 0 heterocycles. The molecule has 1 aliphatic rings. The van der Waals surface area contributed by atoms with E-state index in [2.05, 4.69) is 5.32 Å². The highest BCUT2D eigenvalue weighted by Gasteiger charge is 2.30. The Kier molecular flexibility index (Phi) is 4.16. The van der Waals surface area contributed by atoms with E-state index in [1.165, 1.54) is 0 Å². The Labute approximate surface area is 80.2 Å². The second kappa shape index (κ2) is 4.94. The molecule has 0 aromatic heterocycles. The van der Waals surface area contributed by atoms with Gasteiger partial charge in [-0.05, 0) is 19.3 Å². The van der Waals surface area contributed by atoms with Gasteiger partial charge in [-0.2, -0.15) is 0 Å². The number of hydrogen-bond donors (Lipinski definition) is 3. The van der Waals surface area contributed by atoms with Gasteiger partial charge in [-0.1, -0.05) is 19.8 Å². The molecule has 1 fully saturated rings. The molecule has 1 rings (SSSR count). The number of rotatable bonds is 5. The third-order valence-corrected chi connectivity index (χ3v) is 2.97. The van der Waals surface area contributed by atoms with Gasteiger partial charge >= 0.3 is 0 Å². The van der Waals surface area contributed by atoms with Crippen molar-refractivity contribution in [1.82, 2.24) is 5.32 Å². The summed E-state index contributed by atoms with van der Waals surface area (Å²) in [4.78, 5) is 0. The van der Waals surface area contributed by atoms with Gasteiger partial charge < -0.3 is 15.5 Å². The monoisotopic (exact) mass is 187 g/mol. The lowest BCUT2D eigenvalue weighted by molar-refractivity contribution is 0.0422. The number of nitrogens with one attached hydrogen (secondary N) is 1. The summed E-state index contributed by atoms with van der Waals surface area (Å²) in [6.07, 6.45) is 4.98. The fraction of sp³-hybridized carbons (Fsp3) is 1.00. The van der Waals surface area contributed by atoms with Crippen molar-refractivity contribution >= 4 is 0 Å². The molecular formula is C10H21NO2. The molecule has 1 saturated carbocycles. The summed E-state index contributed by atoms with van der Waals surface area (Å²) < 4.78 is 0. The Morgan fingerprint density at radius 1 is 1.38 bits per heavy atom. The van der Waals surface area contributed by atoms with Crippen molar-refractivity contribution in [2.75, 3.05) is 13.2 Å². The highest BCUT2D eigenvalue weighted by atomic mass is 16.3. The van der Waals surface area contributed by atoms with Crippen molar-refractivity contribution in [1.29, 1.82) is 0 Å². The van der Waals surface area contributed by atoms with Crippen LogP contribution in [0.4, 0.5) is 0 Å². The van der Waals surface area contributed by atoms with Gasteiger partial charge in [0.1, 0.15) is 0 Å². The Morgan fingerprint density at radius 2 is 2.00 bits per heavy atom. The summed E-state index contributed by atoms with van der Waals surface area (Å²) in [6.45, 7) is 2.82. The molecule has 1 aliphatic carbocycles. The molecule has 3 nitrogen and oxygen atoms in total. The van der Waals surface area contributed by atoms with Crippen LogP contribution in [-0.4, -0.2) is 35.0 Å². The second-order valence-electron chi connectivity index (χ2n) is 4.10. The molecule has 0 spiro atoms. The molecule has 1 atom stereocenters. The van der Waals surface area contributed by atoms with Gasteiger partial charge in [-0.15, -0.1) is 0 Å². The maximum atomic E-state index is 9.99. The first-order valence-corrected chi connectivity index (χ1v) is 5.27. The zero-order valence-electron chi connectivity index (χ0n) is 8.42. The first-order valence-electron chi connectivity index (χ1n) is 5.27. The molecular weight excluding hydrogens is 166 g/mol. The van der Waals surface area contributed by atoms with E-state index < -0.39 is 5.60 Å². The molecule has 3 N–H and O–H groups in total. The van der Waals surface area contributed by atoms with Gasteiger partial charge in [0.05, 0.1) is 12.2 Å². The SMILES string of the molecule is CCC(CO)NCC1(O)CCCC1. The molecule has 3 heteroatoms. The third kappa shape index (κ3) is 3.25. The predicted octanol–water partition coefficient (Wildman–Crippen LogP) is 0.652. The number of hydrogen-bond acceptors (Lipinski definition) is 3. The van der Waals surface area contributed by atoms with E-state index in [9.17, 15) is 5.11 Å². The van der Waals surface area contributed by atoms with Crippen molar-refractivity contribution in [3.8, 4) is 0 Å². The van der Waals surface area contributed by atoms with Crippen LogP contribution in [0.25, 0.3) is 0 Å². The topological polar surface area (TPSA) is 52.5 Å². The van der Waals surface area contributed by atoms with Crippen LogP contribution >= 0.6 is 0 Å². The molecule has 78 valence electrons. The number of aliphatic hydroxyl groups excluding tert-OH is 1. The van der Waals surface area contributed by atoms with E-state index in [0.717, 1.165) is 32.1 Å². The summed E-state index contributed by atoms with van der Waals surface area (Å²) in [5, 5.41) is 22.1. The fourth-order valence-corrected chi connectivity index (χ4v) is 1.88. The quantitative estimate of drug-likeness (QED) is 0.592. The average Bonchev–Trinajstić information content (AvgIpc) is 2.55. The van der Waals surface area contributed by atoms with E-state index in [1.807, 2.05) is 6.92 Å². The second-order valence-corrected chi connectivity index (χ2v) is 4.10. The van der Waals surface area contributed by atoms with Crippen LogP contribution in [0.3, 0.4) is 0 Å². The smallest absolute Gasteiger partial charge is 0.0771 e. The lowest BCUT2D eigenvalue weighted by Crippen LogP contribution is -2.43. The minimum Gasteiger partial charge on any atom is -0.395 e. The van der Waals surface area contributed by atoms with Crippen molar-refractivity contribution in [3.05, 3.63) is 0 Å². The van der Waals surface area contributed by atoms with Crippen LogP contribution in [0, 0.1) is 0 Å². The Bertz CT molecular complexity index is 140. The van der Waals surface area contributed by atoms with Crippen molar-refractivity contribution in [2.24, 2.45) is 0 Å². The lowest BCUT2D eigenvalue weighted by atomic mass is 10.0. The molecule has 13 heavy (non-hydrogen) atoms. The Morgan fingerprint density at radius 3 is 2.46 bits per heavy atom. The zero-order valence-corrected chi connectivity index (χ0v) is 8.42. The zero-order chi connectivity index (χ0) is 9.73. The first-order chi connectivity index (χ1) is 6.20. The van der Waals surface area contributed by atoms with Crippen LogP contribution in [-0.2, 0) is 0 Å². The van der Waals surface area contributed by atoms with Crippen LogP contribution in [0.1, 0.15) is 39.0 Å². The van der Waals surface area contributed by atoms with Gasteiger partial charge in [-0.3, -0.25) is 0 Å². The largest absolute Gasteiger partial charge is 0.395 e. The molecule has 0 amide bonds. The highest BCUT2D eigenvalue weighted by molar-refractivity contribution is 4.87. The van der Waals surface area contributed by atoms with Crippen LogP contribution in [0.15, 0.2) is 0 Å². The van der Waals surface area contributed by atoms with Crippen molar-refractivity contribution < 1.29 is 10.2 Å². The molecule has 0 aromatic carbocycles. The van der Waals surface area contributed by atoms with Gasteiger partial charge in [0, 0.05) is 12.6 Å². The summed E-state index contributed by atoms with van der Waals surface area (Å²) in [5.41, 5.74) is -0.497. The van der Waals surface area contributed by atoms with Crippen molar-refractivity contribution in [3.63, 3.8) is 0 Å². The summed E-state index contributed by atoms with van der Waals surface area (Å²) in [5.74, 6) is 0. The van der Waals surface area contributed by atoms with Crippen LogP contribution in [0.5, 0.6) is 0 Å². The van der Waals surface area contributed by atoms with Gasteiger partial charge in [0.2, 0.25) is 0 Å². The fourth-order valence-electron chi connectivity index (χ4n) is 1.88. The molecule has 0 aromatic rings. The Hall–Kier alpha value is -0.120. The summed E-state index contributed by atoms with van der Waals surface area (Å²) in [6, 6.07) is 0.143. The first kappa shape index (κ1) is 11.0. The van der Waals surface area contributed by atoms with E-state index in [4.69, 9.17) is 5.11 Å². The molecule has 0 aliphatic heterocycles. The molecule has 1 unspecified atom stereocenters.